The zero-order valence-corrected chi connectivity index (χ0v) is 22.3. The average Bonchev–Trinajstić information content (AvgIpc) is 2.46. The smallest absolute Gasteiger partial charge is 0.450 e. The van der Waals surface area contributed by atoms with E-state index < -0.39 is 11.8 Å². The van der Waals surface area contributed by atoms with Crippen molar-refractivity contribution < 1.29 is 24.2 Å². The van der Waals surface area contributed by atoms with Gasteiger partial charge in [-0.1, -0.05) is 97.4 Å². The van der Waals surface area contributed by atoms with Crippen molar-refractivity contribution in [1.29, 1.82) is 0 Å². The highest BCUT2D eigenvalue weighted by molar-refractivity contribution is 5.57. The van der Waals surface area contributed by atoms with Gasteiger partial charge in [0.2, 0.25) is 0 Å². The lowest BCUT2D eigenvalue weighted by molar-refractivity contribution is -0.114. The molecular weight excluding hydrogens is 380 g/mol. The summed E-state index contributed by atoms with van der Waals surface area (Å²) in [6, 6.07) is 0. The number of carboxylic acid groups (broad SMARTS) is 1. The Hall–Kier alpha value is -1.39. The van der Waals surface area contributed by atoms with Crippen LogP contribution in [0.25, 0.3) is 0 Å². The van der Waals surface area contributed by atoms with Crippen molar-refractivity contribution in [2.75, 3.05) is 0 Å². The van der Waals surface area contributed by atoms with Crippen molar-refractivity contribution >= 4 is 18.7 Å². The number of hydrogen-bond acceptors (Lipinski definition) is 4. The van der Waals surface area contributed by atoms with Crippen LogP contribution in [0.4, 0.5) is 4.79 Å². The SMILES string of the molecule is C.CC.CC(C)(C)C=O.CC(C)(C)C=O.CC(C)(C)OC(=O)O.CC(C)C(C)(C)C. The normalized spacial score (nSPS) is 10.6. The van der Waals surface area contributed by atoms with Crippen LogP contribution in [0.1, 0.15) is 118 Å². The number of carbonyl (C=O) groups is 3. The minimum absolute atomic E-state index is 0. The molecule has 0 aliphatic rings. The van der Waals surface area contributed by atoms with E-state index in [1.807, 2.05) is 55.4 Å². The average molecular weight is 437 g/mol. The fourth-order valence-corrected chi connectivity index (χ4v) is 0.262. The van der Waals surface area contributed by atoms with Crippen LogP contribution in [0.3, 0.4) is 0 Å². The number of hydrogen-bond donors (Lipinski definition) is 1. The Morgan fingerprint density at radius 1 is 0.733 bits per heavy atom. The Morgan fingerprint density at radius 2 is 0.900 bits per heavy atom. The molecule has 5 nitrogen and oxygen atoms in total. The van der Waals surface area contributed by atoms with Crippen LogP contribution in [0.5, 0.6) is 0 Å². The van der Waals surface area contributed by atoms with Crippen molar-refractivity contribution in [2.24, 2.45) is 22.2 Å². The molecule has 0 fully saturated rings. The molecule has 0 aliphatic heterocycles. The summed E-state index contributed by atoms with van der Waals surface area (Å²) in [6.07, 6.45) is 0.650. The molecule has 0 rings (SSSR count). The summed E-state index contributed by atoms with van der Waals surface area (Å²) in [5, 5.41) is 8.03. The molecule has 0 amide bonds. The molecule has 186 valence electrons. The first-order valence-electron chi connectivity index (χ1n) is 10.3. The number of carbonyl (C=O) groups excluding carboxylic acids is 2. The molecular formula is C25H56O5. The van der Waals surface area contributed by atoms with Gasteiger partial charge in [0.05, 0.1) is 0 Å². The summed E-state index contributed by atoms with van der Waals surface area (Å²) in [7, 11) is 0. The predicted molar refractivity (Wildman–Crippen MR) is 132 cm³/mol. The van der Waals surface area contributed by atoms with Gasteiger partial charge in [0.1, 0.15) is 18.2 Å². The Kier molecular flexibility index (Phi) is 27.8. The Labute approximate surface area is 189 Å². The van der Waals surface area contributed by atoms with E-state index in [1.165, 1.54) is 0 Å². The van der Waals surface area contributed by atoms with Crippen LogP contribution in [-0.4, -0.2) is 29.4 Å². The monoisotopic (exact) mass is 436 g/mol. The van der Waals surface area contributed by atoms with Crippen LogP contribution in [-0.2, 0) is 14.3 Å². The minimum atomic E-state index is -1.22. The molecule has 0 aliphatic carbocycles. The van der Waals surface area contributed by atoms with E-state index in [4.69, 9.17) is 5.11 Å². The first-order chi connectivity index (χ1) is 12.5. The van der Waals surface area contributed by atoms with Crippen LogP contribution in [0.2, 0.25) is 0 Å². The van der Waals surface area contributed by atoms with Gasteiger partial charge in [-0.2, -0.15) is 0 Å². The summed E-state index contributed by atoms with van der Waals surface area (Å²) in [5.74, 6) is 0.799. The molecule has 0 bridgehead atoms. The van der Waals surface area contributed by atoms with Crippen LogP contribution in [0.15, 0.2) is 0 Å². The minimum Gasteiger partial charge on any atom is -0.450 e. The second-order valence-electron chi connectivity index (χ2n) is 11.0. The molecule has 0 aromatic carbocycles. The molecule has 5 heteroatoms. The third-order valence-electron chi connectivity index (χ3n) is 2.83. The zero-order valence-electron chi connectivity index (χ0n) is 22.3. The highest BCUT2D eigenvalue weighted by Gasteiger charge is 2.14. The number of aldehydes is 2. The van der Waals surface area contributed by atoms with Gasteiger partial charge in [0.25, 0.3) is 0 Å². The van der Waals surface area contributed by atoms with Gasteiger partial charge in [-0.05, 0) is 32.1 Å². The molecule has 0 aromatic heterocycles. The van der Waals surface area contributed by atoms with Gasteiger partial charge in [0.15, 0.2) is 0 Å². The lowest BCUT2D eigenvalue weighted by Crippen LogP contribution is -2.22. The molecule has 0 aromatic rings. The number of ether oxygens (including phenoxy) is 1. The summed E-state index contributed by atoms with van der Waals surface area (Å²) in [5.41, 5.74) is -0.355. The van der Waals surface area contributed by atoms with Gasteiger partial charge in [-0.15, -0.1) is 0 Å². The predicted octanol–water partition coefficient (Wildman–Crippen LogP) is 8.29. The molecule has 30 heavy (non-hydrogen) atoms. The first kappa shape index (κ1) is 42.7. The van der Waals surface area contributed by atoms with Crippen LogP contribution >= 0.6 is 0 Å². The third-order valence-corrected chi connectivity index (χ3v) is 2.83. The van der Waals surface area contributed by atoms with E-state index >= 15 is 0 Å². The van der Waals surface area contributed by atoms with E-state index in [-0.39, 0.29) is 18.3 Å². The lowest BCUT2D eigenvalue weighted by Gasteiger charge is -2.22. The summed E-state index contributed by atoms with van der Waals surface area (Å²) in [6.45, 7) is 31.6. The fourth-order valence-electron chi connectivity index (χ4n) is 0.262. The molecule has 0 saturated heterocycles. The van der Waals surface area contributed by atoms with Crippen molar-refractivity contribution in [1.82, 2.24) is 0 Å². The van der Waals surface area contributed by atoms with Crippen molar-refractivity contribution in [2.45, 2.75) is 124 Å². The molecule has 0 atom stereocenters. The molecule has 0 saturated carbocycles. The van der Waals surface area contributed by atoms with E-state index in [2.05, 4.69) is 39.4 Å². The first-order valence-corrected chi connectivity index (χ1v) is 10.3. The molecule has 0 spiro atoms. The van der Waals surface area contributed by atoms with Gasteiger partial charge in [-0.25, -0.2) is 4.79 Å². The molecule has 1 N–H and O–H groups in total. The maximum Gasteiger partial charge on any atom is 0.506 e. The third kappa shape index (κ3) is 71.6. The standard InChI is InChI=1S/C7H16.C5H10O3.2C5H10O.C2H6.CH4/c1-6(2)7(3,4)5;1-5(2,3)8-4(6)7;2*1-5(2,3)4-6;1-2;/h6H,1-5H3;1-3H3,(H,6,7);2*4H,1-3H3;1-2H3;1H4. The molecule has 0 radical (unpaired) electrons. The molecule has 0 unspecified atom stereocenters. The van der Waals surface area contributed by atoms with Gasteiger partial charge < -0.3 is 19.4 Å². The second-order valence-corrected chi connectivity index (χ2v) is 11.0. The zero-order chi connectivity index (χ0) is 25.3. The molecule has 0 heterocycles. The summed E-state index contributed by atoms with van der Waals surface area (Å²) in [4.78, 5) is 29.4. The van der Waals surface area contributed by atoms with Crippen molar-refractivity contribution in [3.05, 3.63) is 0 Å². The van der Waals surface area contributed by atoms with Gasteiger partial charge in [-0.3, -0.25) is 0 Å². The largest absolute Gasteiger partial charge is 0.506 e. The number of rotatable bonds is 0. The topological polar surface area (TPSA) is 80.7 Å². The maximum absolute atomic E-state index is 9.83. The fraction of sp³-hybridized carbons (Fsp3) is 0.880. The Bertz CT molecular complexity index is 379. The Morgan fingerprint density at radius 3 is 0.900 bits per heavy atom. The summed E-state index contributed by atoms with van der Waals surface area (Å²) >= 11 is 0. The lowest BCUT2D eigenvalue weighted by atomic mass is 9.84. The van der Waals surface area contributed by atoms with E-state index in [1.54, 1.807) is 20.8 Å². The Balaban J connectivity index is -0.0000000619. The van der Waals surface area contributed by atoms with Crippen molar-refractivity contribution in [3.8, 4) is 0 Å². The van der Waals surface area contributed by atoms with Crippen LogP contribution in [0, 0.1) is 22.2 Å². The quantitative estimate of drug-likeness (QED) is 0.305. The summed E-state index contributed by atoms with van der Waals surface area (Å²) < 4.78 is 4.35. The van der Waals surface area contributed by atoms with E-state index in [9.17, 15) is 14.4 Å². The second kappa shape index (κ2) is 19.6. The van der Waals surface area contributed by atoms with Gasteiger partial charge >= 0.3 is 6.16 Å². The van der Waals surface area contributed by atoms with E-state index in [0.717, 1.165) is 18.5 Å². The highest BCUT2D eigenvalue weighted by Crippen LogP contribution is 2.23. The highest BCUT2D eigenvalue weighted by atomic mass is 16.7. The van der Waals surface area contributed by atoms with Crippen LogP contribution < -0.4 is 0 Å². The van der Waals surface area contributed by atoms with Gasteiger partial charge in [0, 0.05) is 10.8 Å². The van der Waals surface area contributed by atoms with Crippen molar-refractivity contribution in [3.63, 3.8) is 0 Å². The maximum atomic E-state index is 9.83. The van der Waals surface area contributed by atoms with E-state index in [0.29, 0.717) is 5.41 Å².